The lowest BCUT2D eigenvalue weighted by atomic mass is 10.1. The number of carbonyl (C=O) groups is 1. The Labute approximate surface area is 118 Å². The number of carbonyl (C=O) groups excluding carboxylic acids is 1. The summed E-state index contributed by atoms with van der Waals surface area (Å²) in [5, 5.41) is 0. The Morgan fingerprint density at radius 1 is 1.15 bits per heavy atom. The third-order valence-electron chi connectivity index (χ3n) is 2.99. The first-order valence-corrected chi connectivity index (χ1v) is 6.39. The van der Waals surface area contributed by atoms with Crippen LogP contribution in [-0.2, 0) is 0 Å². The normalized spacial score (nSPS) is 10.8. The molecule has 0 saturated heterocycles. The molecule has 0 radical (unpaired) electrons. The van der Waals surface area contributed by atoms with Crippen molar-refractivity contribution < 1.29 is 9.18 Å². The number of rotatable bonds is 4. The van der Waals surface area contributed by atoms with E-state index in [2.05, 4.69) is 4.98 Å². The highest BCUT2D eigenvalue weighted by Crippen LogP contribution is 2.19. The summed E-state index contributed by atoms with van der Waals surface area (Å²) in [6.07, 6.45) is 0. The number of hydrogen-bond acceptors (Lipinski definition) is 3. The molecule has 20 heavy (non-hydrogen) atoms. The van der Waals surface area contributed by atoms with Gasteiger partial charge in [0.2, 0.25) is 0 Å². The fourth-order valence-electron chi connectivity index (χ4n) is 2.01. The number of benzene rings is 1. The van der Waals surface area contributed by atoms with Crippen LogP contribution in [0, 0.1) is 12.7 Å². The zero-order valence-corrected chi connectivity index (χ0v) is 11.9. The minimum Gasteiger partial charge on any atom is -0.302 e. The number of aryl methyl sites for hydroxylation is 1. The monoisotopic (exact) mass is 272 g/mol. The van der Waals surface area contributed by atoms with Crippen molar-refractivity contribution in [3.8, 4) is 11.3 Å². The molecule has 0 aliphatic heterocycles. The van der Waals surface area contributed by atoms with Crippen molar-refractivity contribution in [1.29, 1.82) is 0 Å². The van der Waals surface area contributed by atoms with E-state index in [1.807, 2.05) is 25.9 Å². The van der Waals surface area contributed by atoms with Gasteiger partial charge in [-0.3, -0.25) is 9.78 Å². The number of halogens is 1. The van der Waals surface area contributed by atoms with E-state index in [1.165, 1.54) is 12.1 Å². The molecule has 1 heterocycles. The molecule has 0 unspecified atom stereocenters. The van der Waals surface area contributed by atoms with Crippen LogP contribution in [0.3, 0.4) is 0 Å². The number of Topliss-reactive ketones (excluding diaryl/α,β-unsaturated/α-hetero) is 1. The molecule has 0 bridgehead atoms. The molecule has 0 saturated carbocycles. The van der Waals surface area contributed by atoms with E-state index in [4.69, 9.17) is 0 Å². The first-order valence-electron chi connectivity index (χ1n) is 6.39. The SMILES string of the molecule is Cc1nc(-c2ccc(F)cc2)ccc1C(=O)CN(C)C. The minimum atomic E-state index is -0.275. The van der Waals surface area contributed by atoms with Crippen molar-refractivity contribution in [2.24, 2.45) is 0 Å². The van der Waals surface area contributed by atoms with Crippen LogP contribution < -0.4 is 0 Å². The Hall–Kier alpha value is -2.07. The van der Waals surface area contributed by atoms with Crippen LogP contribution in [0.4, 0.5) is 4.39 Å². The second kappa shape index (κ2) is 5.92. The Morgan fingerprint density at radius 3 is 2.35 bits per heavy atom. The molecular weight excluding hydrogens is 255 g/mol. The standard InChI is InChI=1S/C16H17FN2O/c1-11-14(16(20)10-19(2)3)8-9-15(18-11)12-4-6-13(17)7-5-12/h4-9H,10H2,1-3H3. The van der Waals surface area contributed by atoms with Gasteiger partial charge in [-0.15, -0.1) is 0 Å². The van der Waals surface area contributed by atoms with Gasteiger partial charge < -0.3 is 4.90 Å². The maximum atomic E-state index is 12.9. The molecule has 104 valence electrons. The van der Waals surface area contributed by atoms with Gasteiger partial charge in [0.1, 0.15) is 5.82 Å². The number of nitrogens with zero attached hydrogens (tertiary/aromatic N) is 2. The Bertz CT molecular complexity index is 621. The maximum Gasteiger partial charge on any atom is 0.178 e. The summed E-state index contributed by atoms with van der Waals surface area (Å²) in [6, 6.07) is 9.74. The van der Waals surface area contributed by atoms with Crippen molar-refractivity contribution in [1.82, 2.24) is 9.88 Å². The van der Waals surface area contributed by atoms with Crippen LogP contribution >= 0.6 is 0 Å². The van der Waals surface area contributed by atoms with Crippen molar-refractivity contribution in [3.63, 3.8) is 0 Å². The lowest BCUT2D eigenvalue weighted by molar-refractivity contribution is 0.0957. The maximum absolute atomic E-state index is 12.9. The highest BCUT2D eigenvalue weighted by molar-refractivity contribution is 5.98. The molecular formula is C16H17FN2O. The van der Waals surface area contributed by atoms with Crippen molar-refractivity contribution in [2.45, 2.75) is 6.92 Å². The van der Waals surface area contributed by atoms with Crippen LogP contribution in [0.15, 0.2) is 36.4 Å². The predicted octanol–water partition coefficient (Wildman–Crippen LogP) is 2.94. The summed E-state index contributed by atoms with van der Waals surface area (Å²) in [7, 11) is 3.71. The van der Waals surface area contributed by atoms with E-state index >= 15 is 0 Å². The zero-order chi connectivity index (χ0) is 14.7. The largest absolute Gasteiger partial charge is 0.302 e. The molecule has 0 aliphatic carbocycles. The highest BCUT2D eigenvalue weighted by atomic mass is 19.1. The number of pyridine rings is 1. The molecule has 0 spiro atoms. The van der Waals surface area contributed by atoms with Gasteiger partial charge in [-0.05, 0) is 57.4 Å². The second-order valence-electron chi connectivity index (χ2n) is 5.00. The molecule has 4 heteroatoms. The Kier molecular flexibility index (Phi) is 4.25. The van der Waals surface area contributed by atoms with Gasteiger partial charge in [-0.1, -0.05) is 0 Å². The summed E-state index contributed by atoms with van der Waals surface area (Å²) in [6.45, 7) is 2.17. The molecule has 1 aromatic heterocycles. The topological polar surface area (TPSA) is 33.2 Å². The van der Waals surface area contributed by atoms with Crippen LogP contribution in [0.5, 0.6) is 0 Å². The summed E-state index contributed by atoms with van der Waals surface area (Å²) in [4.78, 5) is 18.3. The molecule has 2 aromatic rings. The summed E-state index contributed by atoms with van der Waals surface area (Å²) < 4.78 is 12.9. The molecule has 0 atom stereocenters. The van der Waals surface area contributed by atoms with Crippen LogP contribution in [-0.4, -0.2) is 36.3 Å². The van der Waals surface area contributed by atoms with Gasteiger partial charge in [0.05, 0.1) is 12.2 Å². The summed E-state index contributed by atoms with van der Waals surface area (Å²) in [5.74, 6) is -0.228. The molecule has 0 fully saturated rings. The average Bonchev–Trinajstić information content (AvgIpc) is 2.38. The van der Waals surface area contributed by atoms with E-state index < -0.39 is 0 Å². The van der Waals surface area contributed by atoms with E-state index in [0.29, 0.717) is 17.8 Å². The third kappa shape index (κ3) is 3.27. The van der Waals surface area contributed by atoms with Gasteiger partial charge in [-0.25, -0.2) is 4.39 Å². The van der Waals surface area contributed by atoms with E-state index in [-0.39, 0.29) is 11.6 Å². The highest BCUT2D eigenvalue weighted by Gasteiger charge is 2.12. The zero-order valence-electron chi connectivity index (χ0n) is 11.9. The smallest absolute Gasteiger partial charge is 0.178 e. The van der Waals surface area contributed by atoms with Crippen molar-refractivity contribution >= 4 is 5.78 Å². The number of likely N-dealkylation sites (N-methyl/N-ethyl adjacent to an activating group) is 1. The second-order valence-corrected chi connectivity index (χ2v) is 5.00. The molecule has 3 nitrogen and oxygen atoms in total. The van der Waals surface area contributed by atoms with Gasteiger partial charge in [0.25, 0.3) is 0 Å². The van der Waals surface area contributed by atoms with Gasteiger partial charge in [0.15, 0.2) is 5.78 Å². The minimum absolute atomic E-state index is 0.0469. The van der Waals surface area contributed by atoms with E-state index in [1.54, 1.807) is 24.3 Å². The lowest BCUT2D eigenvalue weighted by Gasteiger charge is -2.11. The third-order valence-corrected chi connectivity index (χ3v) is 2.99. The fourth-order valence-corrected chi connectivity index (χ4v) is 2.01. The van der Waals surface area contributed by atoms with Crippen LogP contribution in [0.1, 0.15) is 16.1 Å². The first kappa shape index (κ1) is 14.3. The van der Waals surface area contributed by atoms with Crippen molar-refractivity contribution in [3.05, 3.63) is 53.5 Å². The lowest BCUT2D eigenvalue weighted by Crippen LogP contribution is -2.22. The fraction of sp³-hybridized carbons (Fsp3) is 0.250. The predicted molar refractivity (Wildman–Crippen MR) is 77.3 cm³/mol. The first-order chi connectivity index (χ1) is 9.47. The molecule has 0 N–H and O–H groups in total. The number of ketones is 1. The van der Waals surface area contributed by atoms with Crippen molar-refractivity contribution in [2.75, 3.05) is 20.6 Å². The molecule has 0 aliphatic rings. The number of aromatic nitrogens is 1. The quantitative estimate of drug-likeness (QED) is 0.802. The molecule has 0 amide bonds. The van der Waals surface area contributed by atoms with E-state index in [9.17, 15) is 9.18 Å². The Morgan fingerprint density at radius 2 is 1.80 bits per heavy atom. The summed E-state index contributed by atoms with van der Waals surface area (Å²) >= 11 is 0. The van der Waals surface area contributed by atoms with Crippen LogP contribution in [0.2, 0.25) is 0 Å². The van der Waals surface area contributed by atoms with Crippen LogP contribution in [0.25, 0.3) is 11.3 Å². The number of hydrogen-bond donors (Lipinski definition) is 0. The summed E-state index contributed by atoms with van der Waals surface area (Å²) in [5.41, 5.74) is 2.90. The molecule has 2 rings (SSSR count). The van der Waals surface area contributed by atoms with Gasteiger partial charge in [0, 0.05) is 16.8 Å². The van der Waals surface area contributed by atoms with Gasteiger partial charge >= 0.3 is 0 Å². The molecule has 1 aromatic carbocycles. The van der Waals surface area contributed by atoms with Gasteiger partial charge in [-0.2, -0.15) is 0 Å². The average molecular weight is 272 g/mol. The van der Waals surface area contributed by atoms with E-state index in [0.717, 1.165) is 11.3 Å². The Balaban J connectivity index is 2.30.